The highest BCUT2D eigenvalue weighted by Crippen LogP contribution is 2.25. The van der Waals surface area contributed by atoms with Gasteiger partial charge in [0.25, 0.3) is 0 Å². The molecule has 0 radical (unpaired) electrons. The monoisotopic (exact) mass is 282 g/mol. The van der Waals surface area contributed by atoms with E-state index in [2.05, 4.69) is 15.1 Å². The van der Waals surface area contributed by atoms with Gasteiger partial charge in [0.15, 0.2) is 0 Å². The van der Waals surface area contributed by atoms with Gasteiger partial charge in [-0.3, -0.25) is 0 Å². The Kier molecular flexibility index (Phi) is 3.61. The summed E-state index contributed by atoms with van der Waals surface area (Å²) >= 11 is 0. The average molecular weight is 282 g/mol. The fourth-order valence-electron chi connectivity index (χ4n) is 1.89. The van der Waals surface area contributed by atoms with E-state index in [0.717, 1.165) is 5.69 Å². The van der Waals surface area contributed by atoms with Crippen LogP contribution >= 0.6 is 0 Å². The minimum absolute atomic E-state index is 0.180. The molecule has 0 unspecified atom stereocenters. The van der Waals surface area contributed by atoms with Crippen LogP contribution in [0.15, 0.2) is 55.0 Å². The first-order valence-corrected chi connectivity index (χ1v) is 6.52. The van der Waals surface area contributed by atoms with Gasteiger partial charge in [-0.05, 0) is 31.2 Å². The zero-order valence-corrected chi connectivity index (χ0v) is 11.4. The van der Waals surface area contributed by atoms with Crippen molar-refractivity contribution in [2.24, 2.45) is 0 Å². The van der Waals surface area contributed by atoms with E-state index < -0.39 is 6.10 Å². The largest absolute Gasteiger partial charge is 0.404 e. The maximum absolute atomic E-state index is 9.70. The Hall–Kier alpha value is -2.73. The molecule has 0 amide bonds. The quantitative estimate of drug-likeness (QED) is 0.796. The summed E-state index contributed by atoms with van der Waals surface area (Å²) in [4.78, 5) is 8.20. The van der Waals surface area contributed by atoms with Crippen molar-refractivity contribution in [3.63, 3.8) is 0 Å². The molecule has 0 aliphatic carbocycles. The average Bonchev–Trinajstić information content (AvgIpc) is 2.97. The third kappa shape index (κ3) is 2.90. The minimum Gasteiger partial charge on any atom is -0.404 e. The molecule has 2 heterocycles. The molecule has 3 aromatic rings. The number of para-hydroxylation sites is 1. The number of benzene rings is 1. The van der Waals surface area contributed by atoms with Crippen LogP contribution in [-0.2, 0) is 0 Å². The number of aliphatic hydroxyl groups is 1. The van der Waals surface area contributed by atoms with Gasteiger partial charge in [-0.15, -0.1) is 5.10 Å². The molecular weight excluding hydrogens is 268 g/mol. The number of hydrogen-bond acceptors (Lipinski definition) is 5. The summed E-state index contributed by atoms with van der Waals surface area (Å²) in [6.45, 7) is 1.65. The Balaban J connectivity index is 1.86. The van der Waals surface area contributed by atoms with E-state index in [0.29, 0.717) is 11.4 Å². The molecule has 3 rings (SSSR count). The number of aromatic nitrogens is 4. The second kappa shape index (κ2) is 5.72. The van der Waals surface area contributed by atoms with Crippen molar-refractivity contribution in [2.75, 3.05) is 0 Å². The van der Waals surface area contributed by atoms with E-state index in [1.807, 2.05) is 30.3 Å². The van der Waals surface area contributed by atoms with E-state index in [-0.39, 0.29) is 6.01 Å². The van der Waals surface area contributed by atoms with Crippen LogP contribution in [0.25, 0.3) is 5.69 Å². The minimum atomic E-state index is -0.676. The highest BCUT2D eigenvalue weighted by Gasteiger charge is 2.13. The first-order chi connectivity index (χ1) is 10.2. The van der Waals surface area contributed by atoms with Crippen LogP contribution in [0.1, 0.15) is 18.6 Å². The van der Waals surface area contributed by atoms with Crippen LogP contribution in [0.3, 0.4) is 0 Å². The summed E-state index contributed by atoms with van der Waals surface area (Å²) in [7, 11) is 0. The predicted octanol–water partition coefficient (Wildman–Crippen LogP) is 2.51. The zero-order valence-electron chi connectivity index (χ0n) is 11.4. The van der Waals surface area contributed by atoms with Crippen molar-refractivity contribution in [1.82, 2.24) is 19.7 Å². The smallest absolute Gasteiger partial charge is 0.342 e. The Morgan fingerprint density at radius 2 is 1.90 bits per heavy atom. The number of ether oxygens (including phenoxy) is 1. The highest BCUT2D eigenvalue weighted by atomic mass is 16.5. The van der Waals surface area contributed by atoms with Crippen molar-refractivity contribution in [3.05, 3.63) is 60.6 Å². The Labute approximate surface area is 121 Å². The van der Waals surface area contributed by atoms with Gasteiger partial charge < -0.3 is 9.84 Å². The molecule has 21 heavy (non-hydrogen) atoms. The van der Waals surface area contributed by atoms with Crippen LogP contribution < -0.4 is 4.74 Å². The Morgan fingerprint density at radius 1 is 1.10 bits per heavy atom. The first kappa shape index (κ1) is 13.3. The van der Waals surface area contributed by atoms with Crippen LogP contribution in [0.5, 0.6) is 11.9 Å². The van der Waals surface area contributed by atoms with Gasteiger partial charge in [0, 0.05) is 11.8 Å². The molecule has 1 N–H and O–H groups in total. The number of nitrogens with zero attached hydrogens (tertiary/aromatic N) is 4. The molecule has 0 spiro atoms. The van der Waals surface area contributed by atoms with Gasteiger partial charge in [-0.25, -0.2) is 9.67 Å². The zero-order chi connectivity index (χ0) is 14.7. The number of hydrogen-bond donors (Lipinski definition) is 1. The lowest BCUT2D eigenvalue weighted by atomic mass is 10.2. The fourth-order valence-corrected chi connectivity index (χ4v) is 1.89. The molecule has 0 saturated heterocycles. The normalized spacial score (nSPS) is 12.1. The third-order valence-electron chi connectivity index (χ3n) is 2.93. The molecule has 6 nitrogen and oxygen atoms in total. The molecule has 1 atom stereocenters. The fraction of sp³-hybridized carbons (Fsp3) is 0.133. The summed E-state index contributed by atoms with van der Waals surface area (Å²) in [6, 6.07) is 13.3. The number of aliphatic hydroxyl groups excluding tert-OH is 1. The van der Waals surface area contributed by atoms with Crippen molar-refractivity contribution < 1.29 is 9.84 Å². The standard InChI is InChI=1S/C15H14N4O2/c1-11(20)13-8-5-9-16-14(13)21-15-17-10-19(18-15)12-6-3-2-4-7-12/h2-11,20H,1H3/t11-/m0/s1. The van der Waals surface area contributed by atoms with Gasteiger partial charge in [0.05, 0.1) is 11.8 Å². The lowest BCUT2D eigenvalue weighted by molar-refractivity contribution is 0.194. The van der Waals surface area contributed by atoms with Gasteiger partial charge >= 0.3 is 6.01 Å². The topological polar surface area (TPSA) is 73.1 Å². The molecule has 106 valence electrons. The SMILES string of the molecule is C[C@H](O)c1cccnc1Oc1ncn(-c2ccccc2)n1. The van der Waals surface area contributed by atoms with E-state index in [9.17, 15) is 5.11 Å². The van der Waals surface area contributed by atoms with E-state index >= 15 is 0 Å². The number of pyridine rings is 1. The lowest BCUT2D eigenvalue weighted by Gasteiger charge is -2.08. The van der Waals surface area contributed by atoms with Crippen LogP contribution in [0.2, 0.25) is 0 Å². The summed E-state index contributed by atoms with van der Waals surface area (Å²) in [5, 5.41) is 13.9. The van der Waals surface area contributed by atoms with Gasteiger partial charge in [-0.1, -0.05) is 18.2 Å². The lowest BCUT2D eigenvalue weighted by Crippen LogP contribution is -1.99. The van der Waals surface area contributed by atoms with E-state index in [1.54, 1.807) is 36.3 Å². The summed E-state index contributed by atoms with van der Waals surface area (Å²) < 4.78 is 7.17. The Morgan fingerprint density at radius 3 is 2.67 bits per heavy atom. The Bertz CT molecular complexity index is 725. The predicted molar refractivity (Wildman–Crippen MR) is 76.3 cm³/mol. The molecule has 0 fully saturated rings. The molecule has 2 aromatic heterocycles. The second-order valence-electron chi connectivity index (χ2n) is 4.48. The van der Waals surface area contributed by atoms with E-state index in [1.165, 1.54) is 0 Å². The summed E-state index contributed by atoms with van der Waals surface area (Å²) in [5.74, 6) is 0.304. The maximum Gasteiger partial charge on any atom is 0.342 e. The van der Waals surface area contributed by atoms with Crippen molar-refractivity contribution in [1.29, 1.82) is 0 Å². The van der Waals surface area contributed by atoms with Crippen molar-refractivity contribution >= 4 is 0 Å². The summed E-state index contributed by atoms with van der Waals surface area (Å²) in [5.41, 5.74) is 1.48. The maximum atomic E-state index is 9.70. The summed E-state index contributed by atoms with van der Waals surface area (Å²) in [6.07, 6.45) is 2.48. The van der Waals surface area contributed by atoms with E-state index in [4.69, 9.17) is 4.74 Å². The van der Waals surface area contributed by atoms with Crippen LogP contribution in [0, 0.1) is 0 Å². The molecule has 6 heteroatoms. The molecule has 0 bridgehead atoms. The third-order valence-corrected chi connectivity index (χ3v) is 2.93. The van der Waals surface area contributed by atoms with Gasteiger partial charge in [0.1, 0.15) is 6.33 Å². The number of rotatable bonds is 4. The molecular formula is C15H14N4O2. The van der Waals surface area contributed by atoms with Crippen molar-refractivity contribution in [2.45, 2.75) is 13.0 Å². The second-order valence-corrected chi connectivity index (χ2v) is 4.48. The molecule has 1 aromatic carbocycles. The highest BCUT2D eigenvalue weighted by molar-refractivity contribution is 5.31. The molecule has 0 aliphatic rings. The van der Waals surface area contributed by atoms with Gasteiger partial charge in [-0.2, -0.15) is 4.98 Å². The first-order valence-electron chi connectivity index (χ1n) is 6.52. The van der Waals surface area contributed by atoms with Crippen LogP contribution in [0.4, 0.5) is 0 Å². The molecule has 0 aliphatic heterocycles. The van der Waals surface area contributed by atoms with Crippen molar-refractivity contribution in [3.8, 4) is 17.6 Å². The van der Waals surface area contributed by atoms with Crippen LogP contribution in [-0.4, -0.2) is 24.9 Å². The van der Waals surface area contributed by atoms with Gasteiger partial charge in [0.2, 0.25) is 5.88 Å². The molecule has 0 saturated carbocycles.